The Morgan fingerprint density at radius 3 is 1.83 bits per heavy atom. The molecule has 0 unspecified atom stereocenters. The predicted octanol–water partition coefficient (Wildman–Crippen LogP) is 3.24. The van der Waals surface area contributed by atoms with Crippen LogP contribution in [0.4, 0.5) is 0 Å². The van der Waals surface area contributed by atoms with Crippen LogP contribution in [-0.2, 0) is 33.0 Å². The fraction of sp³-hybridized carbons (Fsp3) is 1.00. The van der Waals surface area contributed by atoms with E-state index in [1.165, 1.54) is 0 Å². The molecule has 0 rings (SSSR count). The maximum Gasteiger partial charge on any atom is 0.400 e. The van der Waals surface area contributed by atoms with Crippen LogP contribution < -0.4 is 0 Å². The van der Waals surface area contributed by atoms with Crippen molar-refractivity contribution in [2.75, 3.05) is 33.0 Å². The third kappa shape index (κ3) is 11.3. The Morgan fingerprint density at radius 1 is 0.833 bits per heavy atom. The Balaban J connectivity index is 4.30. The van der Waals surface area contributed by atoms with Gasteiger partial charge in [0.05, 0.1) is 6.61 Å². The Hall–Kier alpha value is -0.250. The fourth-order valence-electron chi connectivity index (χ4n) is 2.08. The maximum absolute atomic E-state index is 11.8. The van der Waals surface area contributed by atoms with Gasteiger partial charge >= 0.3 is 16.4 Å². The number of ether oxygens (including phenoxy) is 3. The van der Waals surface area contributed by atoms with Crippen LogP contribution in [0, 0.1) is 5.92 Å². The summed E-state index contributed by atoms with van der Waals surface area (Å²) in [6.07, 6.45) is 3.78. The number of hydrogen-bond acceptors (Lipinski definition) is 7. The Morgan fingerprint density at radius 2 is 1.38 bits per heavy atom. The fourth-order valence-corrected chi connectivity index (χ4v) is 2.76. The van der Waals surface area contributed by atoms with E-state index in [9.17, 15) is 8.42 Å². The lowest BCUT2D eigenvalue weighted by Gasteiger charge is -2.31. The summed E-state index contributed by atoms with van der Waals surface area (Å²) < 4.78 is 49.6. The van der Waals surface area contributed by atoms with Crippen LogP contribution in [0.1, 0.15) is 60.3 Å². The monoisotopic (exact) mass is 370 g/mol. The van der Waals surface area contributed by atoms with Crippen molar-refractivity contribution < 1.29 is 31.0 Å². The standard InChI is InChI=1S/C16H34O7S/c1-6-19-16(20-7-2,21-8-3)14-23-24(17,18)22-13-11-9-10-12-15(4)5/h15H,6-14H2,1-5H3. The highest BCUT2D eigenvalue weighted by atomic mass is 32.3. The molecule has 0 aromatic carbocycles. The van der Waals surface area contributed by atoms with Crippen molar-refractivity contribution in [2.45, 2.75) is 66.3 Å². The molecule has 0 saturated carbocycles. The highest BCUT2D eigenvalue weighted by molar-refractivity contribution is 7.81. The highest BCUT2D eigenvalue weighted by Gasteiger charge is 2.35. The summed E-state index contributed by atoms with van der Waals surface area (Å²) in [4.78, 5) is 0. The molecule has 24 heavy (non-hydrogen) atoms. The van der Waals surface area contributed by atoms with Crippen molar-refractivity contribution in [1.29, 1.82) is 0 Å². The van der Waals surface area contributed by atoms with E-state index < -0.39 is 23.0 Å². The van der Waals surface area contributed by atoms with Crippen LogP contribution in [0.3, 0.4) is 0 Å². The molecule has 0 aromatic rings. The maximum atomic E-state index is 11.8. The molecular weight excluding hydrogens is 336 g/mol. The van der Waals surface area contributed by atoms with E-state index in [0.717, 1.165) is 19.3 Å². The zero-order chi connectivity index (χ0) is 18.5. The molecule has 0 atom stereocenters. The van der Waals surface area contributed by atoms with E-state index >= 15 is 0 Å². The average molecular weight is 371 g/mol. The van der Waals surface area contributed by atoms with Gasteiger partial charge in [-0.1, -0.05) is 33.1 Å². The van der Waals surface area contributed by atoms with E-state index in [1.54, 1.807) is 20.8 Å². The first kappa shape index (κ1) is 23.8. The second-order valence-electron chi connectivity index (χ2n) is 5.72. The number of hydrogen-bond donors (Lipinski definition) is 0. The Bertz CT molecular complexity index is 378. The molecule has 0 N–H and O–H groups in total. The van der Waals surface area contributed by atoms with Crippen LogP contribution in [0.5, 0.6) is 0 Å². The lowest BCUT2D eigenvalue weighted by atomic mass is 10.1. The first-order chi connectivity index (χ1) is 11.3. The molecule has 7 nitrogen and oxygen atoms in total. The van der Waals surface area contributed by atoms with Gasteiger partial charge in [0.2, 0.25) is 0 Å². The SMILES string of the molecule is CCOC(COS(=O)(=O)OCCCCCC(C)C)(OCC)OCC. The largest absolute Gasteiger partial charge is 0.400 e. The van der Waals surface area contributed by atoms with Gasteiger partial charge in [-0.2, -0.15) is 8.42 Å². The summed E-state index contributed by atoms with van der Waals surface area (Å²) in [5.74, 6) is -0.881. The molecule has 8 heteroatoms. The van der Waals surface area contributed by atoms with Crippen molar-refractivity contribution in [1.82, 2.24) is 0 Å². The van der Waals surface area contributed by atoms with Crippen molar-refractivity contribution in [3.05, 3.63) is 0 Å². The Kier molecular flexibility index (Phi) is 12.9. The minimum atomic E-state index is -4.11. The molecular formula is C16H34O7S. The van der Waals surface area contributed by atoms with Crippen LogP contribution >= 0.6 is 0 Å². The van der Waals surface area contributed by atoms with Gasteiger partial charge in [0.1, 0.15) is 0 Å². The van der Waals surface area contributed by atoms with Crippen LogP contribution in [-0.4, -0.2) is 47.4 Å². The minimum absolute atomic E-state index is 0.103. The summed E-state index contributed by atoms with van der Waals surface area (Å²) in [7, 11) is -4.11. The van der Waals surface area contributed by atoms with E-state index in [-0.39, 0.29) is 6.61 Å². The van der Waals surface area contributed by atoms with Crippen molar-refractivity contribution in [3.63, 3.8) is 0 Å². The summed E-state index contributed by atoms with van der Waals surface area (Å²) in [6.45, 7) is 10.2. The third-order valence-electron chi connectivity index (χ3n) is 3.13. The average Bonchev–Trinajstić information content (AvgIpc) is 2.49. The van der Waals surface area contributed by atoms with Gasteiger partial charge < -0.3 is 14.2 Å². The van der Waals surface area contributed by atoms with Gasteiger partial charge in [-0.25, -0.2) is 8.37 Å². The van der Waals surface area contributed by atoms with Gasteiger partial charge in [-0.15, -0.1) is 0 Å². The summed E-state index contributed by atoms with van der Waals surface area (Å²) >= 11 is 0. The van der Waals surface area contributed by atoms with Crippen molar-refractivity contribution >= 4 is 10.4 Å². The lowest BCUT2D eigenvalue weighted by Crippen LogP contribution is -2.44. The molecule has 0 heterocycles. The van der Waals surface area contributed by atoms with E-state index in [2.05, 4.69) is 13.8 Å². The van der Waals surface area contributed by atoms with Crippen LogP contribution in [0.2, 0.25) is 0 Å². The van der Waals surface area contributed by atoms with E-state index in [1.807, 2.05) is 0 Å². The summed E-state index contributed by atoms with van der Waals surface area (Å²) in [5.41, 5.74) is 0. The predicted molar refractivity (Wildman–Crippen MR) is 91.7 cm³/mol. The lowest BCUT2D eigenvalue weighted by molar-refractivity contribution is -0.385. The minimum Gasteiger partial charge on any atom is -0.326 e. The smallest absolute Gasteiger partial charge is 0.326 e. The second-order valence-corrected chi connectivity index (χ2v) is 7.01. The molecule has 0 aliphatic carbocycles. The van der Waals surface area contributed by atoms with Crippen LogP contribution in [0.25, 0.3) is 0 Å². The molecule has 0 aromatic heterocycles. The molecule has 0 amide bonds. The Labute approximate surface area is 147 Å². The number of unbranched alkanes of at least 4 members (excludes halogenated alkanes) is 2. The summed E-state index contributed by atoms with van der Waals surface area (Å²) in [5, 5.41) is 0. The van der Waals surface area contributed by atoms with Gasteiger partial charge in [0, 0.05) is 19.8 Å². The van der Waals surface area contributed by atoms with Gasteiger partial charge in [-0.3, -0.25) is 0 Å². The van der Waals surface area contributed by atoms with Gasteiger partial charge in [0.15, 0.2) is 6.61 Å². The first-order valence-electron chi connectivity index (χ1n) is 8.76. The molecule has 0 aliphatic heterocycles. The zero-order valence-electron chi connectivity index (χ0n) is 15.7. The summed E-state index contributed by atoms with van der Waals surface area (Å²) in [6, 6.07) is 0. The van der Waals surface area contributed by atoms with Gasteiger partial charge in [0.25, 0.3) is 0 Å². The molecule has 0 bridgehead atoms. The molecule has 0 saturated heterocycles. The molecule has 0 radical (unpaired) electrons. The first-order valence-corrected chi connectivity index (χ1v) is 10.1. The normalized spacial score (nSPS) is 12.9. The quantitative estimate of drug-likeness (QED) is 0.305. The van der Waals surface area contributed by atoms with E-state index in [0.29, 0.717) is 32.2 Å². The molecule has 0 aliphatic rings. The van der Waals surface area contributed by atoms with E-state index in [4.69, 9.17) is 22.6 Å². The van der Waals surface area contributed by atoms with Gasteiger partial charge in [-0.05, 0) is 33.1 Å². The second kappa shape index (κ2) is 13.0. The topological polar surface area (TPSA) is 80.3 Å². The molecule has 0 spiro atoms. The zero-order valence-corrected chi connectivity index (χ0v) is 16.5. The van der Waals surface area contributed by atoms with Crippen molar-refractivity contribution in [2.24, 2.45) is 5.92 Å². The van der Waals surface area contributed by atoms with Crippen molar-refractivity contribution in [3.8, 4) is 0 Å². The third-order valence-corrected chi connectivity index (χ3v) is 3.99. The highest BCUT2D eigenvalue weighted by Crippen LogP contribution is 2.18. The molecule has 146 valence electrons. The van der Waals surface area contributed by atoms with Crippen LogP contribution in [0.15, 0.2) is 0 Å². The number of rotatable bonds is 16. The molecule has 0 fully saturated rings.